The van der Waals surface area contributed by atoms with E-state index in [2.05, 4.69) is 48.1 Å². The van der Waals surface area contributed by atoms with E-state index in [-0.39, 0.29) is 12.0 Å². The molecule has 28 heavy (non-hydrogen) atoms. The number of ether oxygens (including phenoxy) is 1. The highest BCUT2D eigenvalue weighted by molar-refractivity contribution is 7.99. The summed E-state index contributed by atoms with van der Waals surface area (Å²) in [6.45, 7) is 10.7. The summed E-state index contributed by atoms with van der Waals surface area (Å²) < 4.78 is 8.03. The van der Waals surface area contributed by atoms with Gasteiger partial charge >= 0.3 is 0 Å². The first-order valence-electron chi connectivity index (χ1n) is 9.70. The number of nitrogens with zero attached hydrogens (tertiary/aromatic N) is 3. The van der Waals surface area contributed by atoms with Crippen molar-refractivity contribution in [2.45, 2.75) is 63.4 Å². The topological polar surface area (TPSA) is 69.0 Å². The number of thioether (sulfide) groups is 1. The molecule has 0 spiro atoms. The van der Waals surface area contributed by atoms with Crippen LogP contribution in [0.4, 0.5) is 0 Å². The fourth-order valence-electron chi connectivity index (χ4n) is 2.82. The minimum absolute atomic E-state index is 0.0387. The van der Waals surface area contributed by atoms with E-state index in [0.29, 0.717) is 29.4 Å². The molecule has 0 bridgehead atoms. The summed E-state index contributed by atoms with van der Waals surface area (Å²) in [6.07, 6.45) is 3.69. The molecule has 1 aliphatic rings. The number of rotatable bonds is 10. The summed E-state index contributed by atoms with van der Waals surface area (Å²) in [4.78, 5) is 12.0. The van der Waals surface area contributed by atoms with Crippen molar-refractivity contribution in [1.82, 2.24) is 20.1 Å². The monoisotopic (exact) mass is 400 g/mol. The first kappa shape index (κ1) is 20.5. The summed E-state index contributed by atoms with van der Waals surface area (Å²) in [5, 5.41) is 12.3. The summed E-state index contributed by atoms with van der Waals surface area (Å²) >= 11 is 1.39. The summed E-state index contributed by atoms with van der Waals surface area (Å²) in [5.74, 6) is 2.37. The number of aromatic nitrogens is 3. The van der Waals surface area contributed by atoms with E-state index in [0.717, 1.165) is 24.4 Å². The molecule has 1 heterocycles. The molecule has 1 aromatic carbocycles. The predicted octanol–water partition coefficient (Wildman–Crippen LogP) is 4.10. The molecule has 1 amide bonds. The maximum Gasteiger partial charge on any atom is 0.230 e. The summed E-state index contributed by atoms with van der Waals surface area (Å²) in [7, 11) is 0. The fraction of sp³-hybridized carbons (Fsp3) is 0.476. The second kappa shape index (κ2) is 9.28. The third kappa shape index (κ3) is 5.38. The Hall–Kier alpha value is -2.28. The molecule has 0 radical (unpaired) electrons. The first-order chi connectivity index (χ1) is 13.5. The largest absolute Gasteiger partial charge is 0.483 e. The molecule has 1 N–H and O–H groups in total. The molecule has 1 saturated carbocycles. The molecule has 2 aromatic rings. The number of allylic oxidation sites excluding steroid dienone is 1. The zero-order valence-electron chi connectivity index (χ0n) is 16.7. The fourth-order valence-corrected chi connectivity index (χ4v) is 3.59. The lowest BCUT2D eigenvalue weighted by Crippen LogP contribution is -2.27. The highest BCUT2D eigenvalue weighted by Gasteiger charge is 2.24. The van der Waals surface area contributed by atoms with Crippen LogP contribution in [0.3, 0.4) is 0 Å². The molecule has 1 aliphatic carbocycles. The second-order valence-corrected chi connectivity index (χ2v) is 8.30. The number of carbonyl (C=O) groups is 1. The van der Waals surface area contributed by atoms with Crippen LogP contribution in [0.2, 0.25) is 0 Å². The van der Waals surface area contributed by atoms with Crippen molar-refractivity contribution in [2.24, 2.45) is 0 Å². The van der Waals surface area contributed by atoms with E-state index in [9.17, 15) is 4.79 Å². The molecular formula is C21H28N4O2S. The standard InChI is InChI=1S/C21H28N4O2S/c1-5-12-25-20(15(4)27-18-10-6-16(7-11-18)14(2)3)23-24-21(25)28-13-19(26)22-17-8-9-17/h5-7,10-11,14-15,17H,1,8-9,12-13H2,2-4H3,(H,22,26). The average molecular weight is 401 g/mol. The van der Waals surface area contributed by atoms with Gasteiger partial charge in [-0.05, 0) is 43.4 Å². The molecular weight excluding hydrogens is 372 g/mol. The third-order valence-corrected chi connectivity index (χ3v) is 5.52. The predicted molar refractivity (Wildman–Crippen MR) is 112 cm³/mol. The van der Waals surface area contributed by atoms with Crippen LogP contribution in [0.5, 0.6) is 5.75 Å². The highest BCUT2D eigenvalue weighted by Crippen LogP contribution is 2.26. The van der Waals surface area contributed by atoms with Crippen LogP contribution in [0.25, 0.3) is 0 Å². The molecule has 1 atom stereocenters. The second-order valence-electron chi connectivity index (χ2n) is 7.35. The minimum atomic E-state index is -0.271. The lowest BCUT2D eigenvalue weighted by molar-refractivity contribution is -0.118. The van der Waals surface area contributed by atoms with Gasteiger partial charge in [0.1, 0.15) is 5.75 Å². The number of benzene rings is 1. The Kier molecular flexibility index (Phi) is 6.78. The molecule has 1 fully saturated rings. The molecule has 7 heteroatoms. The van der Waals surface area contributed by atoms with Gasteiger partial charge in [-0.15, -0.1) is 16.8 Å². The Labute approximate surface area is 170 Å². The third-order valence-electron chi connectivity index (χ3n) is 4.56. The van der Waals surface area contributed by atoms with Gasteiger partial charge in [0, 0.05) is 12.6 Å². The van der Waals surface area contributed by atoms with Crippen LogP contribution < -0.4 is 10.1 Å². The van der Waals surface area contributed by atoms with Gasteiger partial charge < -0.3 is 10.1 Å². The average Bonchev–Trinajstić information content (AvgIpc) is 3.39. The molecule has 0 aliphatic heterocycles. The van der Waals surface area contributed by atoms with Crippen LogP contribution in [0.1, 0.15) is 57.0 Å². The lowest BCUT2D eigenvalue weighted by Gasteiger charge is -2.16. The van der Waals surface area contributed by atoms with Crippen molar-refractivity contribution in [1.29, 1.82) is 0 Å². The Morgan fingerprint density at radius 2 is 2.04 bits per heavy atom. The zero-order valence-corrected chi connectivity index (χ0v) is 17.5. The van der Waals surface area contributed by atoms with Crippen molar-refractivity contribution in [3.63, 3.8) is 0 Å². The molecule has 6 nitrogen and oxygen atoms in total. The Balaban J connectivity index is 1.66. The Morgan fingerprint density at radius 1 is 1.32 bits per heavy atom. The van der Waals surface area contributed by atoms with Crippen LogP contribution >= 0.6 is 11.8 Å². The molecule has 1 aromatic heterocycles. The van der Waals surface area contributed by atoms with E-state index in [1.165, 1.54) is 17.3 Å². The summed E-state index contributed by atoms with van der Waals surface area (Å²) in [5.41, 5.74) is 1.28. The van der Waals surface area contributed by atoms with Gasteiger partial charge in [-0.3, -0.25) is 9.36 Å². The lowest BCUT2D eigenvalue weighted by atomic mass is 10.0. The van der Waals surface area contributed by atoms with Gasteiger partial charge in [-0.25, -0.2) is 0 Å². The van der Waals surface area contributed by atoms with Crippen LogP contribution in [0.15, 0.2) is 42.1 Å². The smallest absolute Gasteiger partial charge is 0.230 e. The van der Waals surface area contributed by atoms with Crippen molar-refractivity contribution in [3.8, 4) is 5.75 Å². The highest BCUT2D eigenvalue weighted by atomic mass is 32.2. The van der Waals surface area contributed by atoms with E-state index in [1.807, 2.05) is 23.6 Å². The molecule has 1 unspecified atom stereocenters. The number of nitrogens with one attached hydrogen (secondary N) is 1. The van der Waals surface area contributed by atoms with E-state index >= 15 is 0 Å². The van der Waals surface area contributed by atoms with E-state index < -0.39 is 0 Å². The van der Waals surface area contributed by atoms with Crippen LogP contribution in [-0.2, 0) is 11.3 Å². The van der Waals surface area contributed by atoms with Crippen molar-refractivity contribution in [2.75, 3.05) is 5.75 Å². The van der Waals surface area contributed by atoms with Gasteiger partial charge in [0.05, 0.1) is 5.75 Å². The zero-order chi connectivity index (χ0) is 20.1. The van der Waals surface area contributed by atoms with Gasteiger partial charge in [0.25, 0.3) is 0 Å². The molecule has 0 saturated heterocycles. The summed E-state index contributed by atoms with van der Waals surface area (Å²) in [6, 6.07) is 8.50. The minimum Gasteiger partial charge on any atom is -0.483 e. The van der Waals surface area contributed by atoms with Gasteiger partial charge in [0.2, 0.25) is 5.91 Å². The Morgan fingerprint density at radius 3 is 2.64 bits per heavy atom. The molecule has 150 valence electrons. The Bertz CT molecular complexity index is 812. The van der Waals surface area contributed by atoms with Crippen molar-refractivity contribution >= 4 is 17.7 Å². The van der Waals surface area contributed by atoms with Crippen LogP contribution in [-0.4, -0.2) is 32.5 Å². The maximum absolute atomic E-state index is 12.0. The first-order valence-corrected chi connectivity index (χ1v) is 10.7. The van der Waals surface area contributed by atoms with Crippen molar-refractivity contribution < 1.29 is 9.53 Å². The van der Waals surface area contributed by atoms with Gasteiger partial charge in [0.15, 0.2) is 17.1 Å². The van der Waals surface area contributed by atoms with Gasteiger partial charge in [-0.2, -0.15) is 0 Å². The number of hydrogen-bond donors (Lipinski definition) is 1. The quantitative estimate of drug-likeness (QED) is 0.480. The number of carbonyl (C=O) groups excluding carboxylic acids is 1. The number of hydrogen-bond acceptors (Lipinski definition) is 5. The maximum atomic E-state index is 12.0. The van der Waals surface area contributed by atoms with Crippen LogP contribution in [0, 0.1) is 0 Å². The number of amides is 1. The van der Waals surface area contributed by atoms with Gasteiger partial charge in [-0.1, -0.05) is 43.8 Å². The van der Waals surface area contributed by atoms with E-state index in [4.69, 9.17) is 4.74 Å². The van der Waals surface area contributed by atoms with Crippen molar-refractivity contribution in [3.05, 3.63) is 48.3 Å². The van der Waals surface area contributed by atoms with E-state index in [1.54, 1.807) is 6.08 Å². The normalized spacial score (nSPS) is 14.7. The SMILES string of the molecule is C=CCn1c(SCC(=O)NC2CC2)nnc1C(C)Oc1ccc(C(C)C)cc1. The molecule has 3 rings (SSSR count).